The number of nitrogens with zero attached hydrogens (tertiary/aromatic N) is 4. The van der Waals surface area contributed by atoms with Gasteiger partial charge in [-0.2, -0.15) is 11.4 Å². The van der Waals surface area contributed by atoms with Crippen molar-refractivity contribution in [3.63, 3.8) is 0 Å². The third-order valence-electron chi connectivity index (χ3n) is 9.99. The van der Waals surface area contributed by atoms with Crippen LogP contribution in [0.25, 0.3) is 9.81 Å². The zero-order chi connectivity index (χ0) is 40.3. The van der Waals surface area contributed by atoms with Crippen molar-refractivity contribution in [2.75, 3.05) is 6.61 Å². The number of rotatable bonds is 9. The summed E-state index contributed by atoms with van der Waals surface area (Å²) in [5.74, 6) is -0.318. The van der Waals surface area contributed by atoms with Gasteiger partial charge in [0.15, 0.2) is 0 Å². The van der Waals surface area contributed by atoms with Crippen molar-refractivity contribution in [3.8, 4) is 0 Å². The first kappa shape index (κ1) is 44.7. The number of esters is 1. The van der Waals surface area contributed by atoms with E-state index in [1.165, 1.54) is 53.6 Å². The molecule has 0 amide bonds. The van der Waals surface area contributed by atoms with Crippen LogP contribution in [-0.2, 0) is 32.7 Å². The van der Waals surface area contributed by atoms with Crippen molar-refractivity contribution in [1.82, 2.24) is 9.97 Å². The van der Waals surface area contributed by atoms with Gasteiger partial charge < -0.3 is 14.7 Å². The molecule has 0 N–H and O–H groups in total. The summed E-state index contributed by atoms with van der Waals surface area (Å²) in [6.07, 6.45) is 3.17. The number of allylic oxidation sites excluding steroid dienone is 3. The van der Waals surface area contributed by atoms with E-state index in [-0.39, 0.29) is 22.7 Å². The van der Waals surface area contributed by atoms with Gasteiger partial charge in [0, 0.05) is 25.3 Å². The number of aliphatic imine (C=N–C) groups is 2. The molecule has 6 nitrogen and oxygen atoms in total. The van der Waals surface area contributed by atoms with E-state index < -0.39 is 0 Å². The van der Waals surface area contributed by atoms with Crippen LogP contribution in [0.4, 0.5) is 0 Å². The minimum atomic E-state index is -0.318. The molecule has 9 heteroatoms. The molecule has 0 atom stereocenters. The van der Waals surface area contributed by atoms with E-state index in [1.54, 1.807) is 11.8 Å². The maximum Gasteiger partial charge on any atom is 2.00 e. The summed E-state index contributed by atoms with van der Waals surface area (Å²) in [6, 6.07) is 14.9. The fourth-order valence-electron chi connectivity index (χ4n) is 7.26. The van der Waals surface area contributed by atoms with Gasteiger partial charge in [-0.15, -0.1) is 11.4 Å². The van der Waals surface area contributed by atoms with Crippen LogP contribution >= 0.6 is 23.5 Å². The van der Waals surface area contributed by atoms with E-state index in [0.717, 1.165) is 62.3 Å². The topological polar surface area (TPSA) is 79.2 Å². The minimum absolute atomic E-state index is 0. The summed E-state index contributed by atoms with van der Waals surface area (Å²) in [7, 11) is 0. The fraction of sp³-hybridized carbons (Fsp3) is 0.340. The van der Waals surface area contributed by atoms with Crippen LogP contribution in [0.3, 0.4) is 0 Å². The smallest absolute Gasteiger partial charge is 0.660 e. The normalized spacial score (nSPS) is 15.5. The maximum atomic E-state index is 12.5. The summed E-state index contributed by atoms with van der Waals surface area (Å²) in [5.41, 5.74) is 19.1. The molecule has 295 valence electrons. The standard InChI is InChI=1S/C24H28N2O2S.C23H27N2S.Co/c1-8-28-24(27)19-17(6)21(26-18(19)7)23(20-15(4)12-16(5)25-20)29-22-13(2)10-9-11-14(22)3;1-8-19-17(6)21(25-18(19)7)23(20-15(4)12-16(5)24-20)26-22-13(2)10-9-11-14(22)3;/h9-12H,8H2,1-7H3,(H,25,26,27);9-12H,8H2,1-7H3;/q;-1;+2/p-1/b;23-20+;. The molecule has 0 saturated carbocycles. The predicted molar refractivity (Wildman–Crippen MR) is 235 cm³/mol. The predicted octanol–water partition coefficient (Wildman–Crippen LogP) is 12.0. The second-order valence-corrected chi connectivity index (χ2v) is 16.5. The van der Waals surface area contributed by atoms with E-state index in [1.807, 2.05) is 39.5 Å². The molecule has 4 aromatic rings. The van der Waals surface area contributed by atoms with Crippen molar-refractivity contribution in [3.05, 3.63) is 138 Å². The van der Waals surface area contributed by atoms with E-state index >= 15 is 0 Å². The summed E-state index contributed by atoms with van der Waals surface area (Å²) in [4.78, 5) is 36.6. The summed E-state index contributed by atoms with van der Waals surface area (Å²) < 4.78 is 5.26. The van der Waals surface area contributed by atoms with Gasteiger partial charge in [-0.3, -0.25) is 9.98 Å². The van der Waals surface area contributed by atoms with Crippen molar-refractivity contribution in [1.29, 1.82) is 0 Å². The molecule has 56 heavy (non-hydrogen) atoms. The Morgan fingerprint density at radius 2 is 1.23 bits per heavy atom. The number of carbonyl (C=O) groups is 1. The molecular formula is C47H54CoN4O2S2. The van der Waals surface area contributed by atoms with Gasteiger partial charge in [0.05, 0.1) is 29.3 Å². The first-order valence-electron chi connectivity index (χ1n) is 19.0. The zero-order valence-electron chi connectivity index (χ0n) is 35.3. The van der Waals surface area contributed by atoms with Gasteiger partial charge in [-0.05, 0) is 122 Å². The molecule has 2 aliphatic rings. The Balaban J connectivity index is 0.000000246. The Labute approximate surface area is 353 Å². The van der Waals surface area contributed by atoms with E-state index in [9.17, 15) is 4.79 Å². The van der Waals surface area contributed by atoms with Gasteiger partial charge in [-0.25, -0.2) is 4.79 Å². The van der Waals surface area contributed by atoms with Crippen LogP contribution in [0.1, 0.15) is 103 Å². The second kappa shape index (κ2) is 18.9. The van der Waals surface area contributed by atoms with Crippen LogP contribution in [0, 0.1) is 55.4 Å². The number of hydrogen-bond donors (Lipinski definition) is 0. The van der Waals surface area contributed by atoms with Crippen LogP contribution < -0.4 is 9.97 Å². The number of hydrogen-bond acceptors (Lipinski definition) is 6. The van der Waals surface area contributed by atoms with Crippen molar-refractivity contribution < 1.29 is 26.3 Å². The maximum absolute atomic E-state index is 12.5. The molecular weight excluding hydrogens is 776 g/mol. The molecule has 0 fully saturated rings. The number of aromatic nitrogens is 2. The van der Waals surface area contributed by atoms with E-state index in [4.69, 9.17) is 24.7 Å². The van der Waals surface area contributed by atoms with E-state index in [0.29, 0.717) is 17.9 Å². The molecule has 0 bridgehead atoms. The second-order valence-electron chi connectivity index (χ2n) is 14.4. The first-order chi connectivity index (χ1) is 26.1. The van der Waals surface area contributed by atoms with Crippen LogP contribution in [0.2, 0.25) is 0 Å². The van der Waals surface area contributed by atoms with Crippen LogP contribution in [-0.4, -0.2) is 24.0 Å². The molecule has 2 aliphatic heterocycles. The number of carbonyl (C=O) groups excluding carboxylic acids is 1. The Morgan fingerprint density at radius 1 is 0.696 bits per heavy atom. The summed E-state index contributed by atoms with van der Waals surface area (Å²) >= 11 is 3.49. The summed E-state index contributed by atoms with van der Waals surface area (Å²) in [6.45, 7) is 29.3. The Hall–Kier alpha value is -4.02. The van der Waals surface area contributed by atoms with Gasteiger partial charge in [0.2, 0.25) is 0 Å². The van der Waals surface area contributed by atoms with Crippen molar-refractivity contribution >= 4 is 50.7 Å². The quantitative estimate of drug-likeness (QED) is 0.123. The van der Waals surface area contributed by atoms with Gasteiger partial charge in [0.25, 0.3) is 0 Å². The van der Waals surface area contributed by atoms with Crippen LogP contribution in [0.15, 0.2) is 96.4 Å². The Kier molecular flexibility index (Phi) is 15.1. The van der Waals surface area contributed by atoms with Crippen molar-refractivity contribution in [2.45, 2.75) is 113 Å². The molecule has 4 heterocycles. The number of benzene rings is 2. The number of ether oxygens (including phenoxy) is 1. The molecule has 0 aliphatic carbocycles. The average molecular weight is 830 g/mol. The molecule has 1 radical (unpaired) electrons. The largest absolute Gasteiger partial charge is 2.00 e. The van der Waals surface area contributed by atoms with E-state index in [2.05, 4.69) is 118 Å². The Bertz CT molecular complexity index is 2320. The fourth-order valence-corrected chi connectivity index (χ4v) is 9.78. The molecule has 0 spiro atoms. The average Bonchev–Trinajstić information content (AvgIpc) is 3.82. The summed E-state index contributed by atoms with van der Waals surface area (Å²) in [5, 5.41) is 0. The number of thioether (sulfide) groups is 2. The molecule has 0 saturated heterocycles. The molecule has 6 rings (SSSR count). The van der Waals surface area contributed by atoms with Gasteiger partial charge >= 0.3 is 22.7 Å². The van der Waals surface area contributed by atoms with Gasteiger partial charge in [0.1, 0.15) is 0 Å². The SMILES string of the molecule is CCOC(=O)C1=C(C)/C(=C(\Sc2c(C)cccc2C)c2[n-]c(C)cc2C)N=C1C.CCc1c(C)[n-]c(/C(Sc2c(C)cccc2C)=C2\N=C(C)C=C2C)c1C.[Co+2]. The van der Waals surface area contributed by atoms with Crippen LogP contribution in [0.5, 0.6) is 0 Å². The number of aryl methyl sites for hydroxylation is 7. The molecule has 2 aromatic carbocycles. The first-order valence-corrected chi connectivity index (χ1v) is 20.6. The van der Waals surface area contributed by atoms with Crippen molar-refractivity contribution in [2.24, 2.45) is 9.98 Å². The Morgan fingerprint density at radius 3 is 1.66 bits per heavy atom. The third-order valence-corrected chi connectivity index (χ3v) is 12.9. The monoisotopic (exact) mass is 829 g/mol. The zero-order valence-corrected chi connectivity index (χ0v) is 38.0. The van der Waals surface area contributed by atoms with Gasteiger partial charge in [-0.1, -0.05) is 103 Å². The molecule has 2 aromatic heterocycles. The minimum Gasteiger partial charge on any atom is -0.660 e. The third kappa shape index (κ3) is 9.39. The molecule has 0 unspecified atom stereocenters.